The fourth-order valence-electron chi connectivity index (χ4n) is 1.41. The lowest BCUT2D eigenvalue weighted by Crippen LogP contribution is -2.30. The van der Waals surface area contributed by atoms with E-state index in [9.17, 15) is 4.79 Å². The SMILES string of the molecule is CNCCN(C)c1nc(C)ccc1C(N)=O. The number of carbonyl (C=O) groups is 1. The number of rotatable bonds is 5. The van der Waals surface area contributed by atoms with Crippen molar-refractivity contribution in [3.05, 3.63) is 23.4 Å². The molecule has 0 aliphatic carbocycles. The molecule has 0 bridgehead atoms. The maximum absolute atomic E-state index is 11.3. The zero-order valence-electron chi connectivity index (χ0n) is 9.95. The normalized spacial score (nSPS) is 10.2. The van der Waals surface area contributed by atoms with Gasteiger partial charge in [0.2, 0.25) is 0 Å². The molecular weight excluding hydrogens is 204 g/mol. The Morgan fingerprint density at radius 1 is 1.56 bits per heavy atom. The van der Waals surface area contributed by atoms with E-state index in [1.165, 1.54) is 0 Å². The number of nitrogens with two attached hydrogens (primary N) is 1. The summed E-state index contributed by atoms with van der Waals surface area (Å²) in [5.41, 5.74) is 6.64. The number of likely N-dealkylation sites (N-methyl/N-ethyl adjacent to an activating group) is 2. The van der Waals surface area contributed by atoms with Gasteiger partial charge in [-0.1, -0.05) is 0 Å². The molecule has 1 heterocycles. The molecule has 1 rings (SSSR count). The van der Waals surface area contributed by atoms with E-state index in [1.54, 1.807) is 12.1 Å². The van der Waals surface area contributed by atoms with Gasteiger partial charge in [0.15, 0.2) is 0 Å². The summed E-state index contributed by atoms with van der Waals surface area (Å²) in [4.78, 5) is 17.5. The molecule has 1 aromatic rings. The maximum Gasteiger partial charge on any atom is 0.252 e. The van der Waals surface area contributed by atoms with Gasteiger partial charge >= 0.3 is 0 Å². The number of amides is 1. The molecule has 0 radical (unpaired) electrons. The van der Waals surface area contributed by atoms with Gasteiger partial charge in [0.25, 0.3) is 5.91 Å². The predicted octanol–water partition coefficient (Wildman–Crippen LogP) is 0.145. The van der Waals surface area contributed by atoms with E-state index in [0.717, 1.165) is 18.8 Å². The number of carbonyl (C=O) groups excluding carboxylic acids is 1. The van der Waals surface area contributed by atoms with Crippen molar-refractivity contribution in [3.8, 4) is 0 Å². The first-order chi connectivity index (χ1) is 7.56. The van der Waals surface area contributed by atoms with Crippen molar-refractivity contribution >= 4 is 11.7 Å². The Hall–Kier alpha value is -1.62. The number of primary amides is 1. The highest BCUT2D eigenvalue weighted by molar-refractivity contribution is 5.97. The van der Waals surface area contributed by atoms with Gasteiger partial charge in [-0.15, -0.1) is 0 Å². The summed E-state index contributed by atoms with van der Waals surface area (Å²) >= 11 is 0. The first-order valence-corrected chi connectivity index (χ1v) is 5.19. The van der Waals surface area contributed by atoms with E-state index in [2.05, 4.69) is 10.3 Å². The van der Waals surface area contributed by atoms with E-state index < -0.39 is 5.91 Å². The quantitative estimate of drug-likeness (QED) is 0.743. The van der Waals surface area contributed by atoms with E-state index in [4.69, 9.17) is 5.73 Å². The third kappa shape index (κ3) is 2.93. The summed E-state index contributed by atoms with van der Waals surface area (Å²) in [6, 6.07) is 3.51. The molecule has 0 aromatic carbocycles. The van der Waals surface area contributed by atoms with Crippen molar-refractivity contribution in [1.82, 2.24) is 10.3 Å². The topological polar surface area (TPSA) is 71.2 Å². The van der Waals surface area contributed by atoms with Gasteiger partial charge in [0.05, 0.1) is 5.56 Å². The molecule has 0 spiro atoms. The van der Waals surface area contributed by atoms with Crippen LogP contribution in [0.25, 0.3) is 0 Å². The summed E-state index contributed by atoms with van der Waals surface area (Å²) in [5, 5.41) is 3.05. The minimum atomic E-state index is -0.446. The van der Waals surface area contributed by atoms with Crippen LogP contribution >= 0.6 is 0 Å². The Balaban J connectivity index is 2.99. The van der Waals surface area contributed by atoms with Gasteiger partial charge in [-0.2, -0.15) is 0 Å². The molecule has 0 fully saturated rings. The molecule has 1 aromatic heterocycles. The Morgan fingerprint density at radius 3 is 2.81 bits per heavy atom. The van der Waals surface area contributed by atoms with Crippen LogP contribution in [0, 0.1) is 6.92 Å². The highest BCUT2D eigenvalue weighted by Crippen LogP contribution is 2.16. The van der Waals surface area contributed by atoms with Crippen molar-refractivity contribution in [2.24, 2.45) is 5.73 Å². The minimum absolute atomic E-state index is 0.446. The second kappa shape index (κ2) is 5.46. The highest BCUT2D eigenvalue weighted by atomic mass is 16.1. The van der Waals surface area contributed by atoms with Crippen LogP contribution in [-0.4, -0.2) is 38.1 Å². The molecule has 3 N–H and O–H groups in total. The molecule has 1 amide bonds. The number of nitrogens with one attached hydrogen (secondary N) is 1. The Bertz CT molecular complexity index is 378. The number of hydrogen-bond donors (Lipinski definition) is 2. The first-order valence-electron chi connectivity index (χ1n) is 5.19. The smallest absolute Gasteiger partial charge is 0.252 e. The molecule has 0 aliphatic rings. The fraction of sp³-hybridized carbons (Fsp3) is 0.455. The molecule has 5 nitrogen and oxygen atoms in total. The third-order valence-electron chi connectivity index (χ3n) is 2.34. The lowest BCUT2D eigenvalue weighted by molar-refractivity contribution is 0.100. The molecule has 16 heavy (non-hydrogen) atoms. The predicted molar refractivity (Wildman–Crippen MR) is 64.7 cm³/mol. The van der Waals surface area contributed by atoms with Crippen LogP contribution in [0.4, 0.5) is 5.82 Å². The Labute approximate surface area is 95.7 Å². The van der Waals surface area contributed by atoms with Gasteiger partial charge < -0.3 is 16.0 Å². The molecular formula is C11H18N4O. The average molecular weight is 222 g/mol. The van der Waals surface area contributed by atoms with Crippen LogP contribution in [-0.2, 0) is 0 Å². The van der Waals surface area contributed by atoms with E-state index >= 15 is 0 Å². The van der Waals surface area contributed by atoms with Crippen molar-refractivity contribution in [2.75, 3.05) is 32.1 Å². The van der Waals surface area contributed by atoms with E-state index in [-0.39, 0.29) is 0 Å². The van der Waals surface area contributed by atoms with Crippen LogP contribution in [0.15, 0.2) is 12.1 Å². The lowest BCUT2D eigenvalue weighted by atomic mass is 10.2. The second-order valence-electron chi connectivity index (χ2n) is 3.71. The van der Waals surface area contributed by atoms with Crippen molar-refractivity contribution in [3.63, 3.8) is 0 Å². The van der Waals surface area contributed by atoms with Gasteiger partial charge in [-0.25, -0.2) is 4.98 Å². The lowest BCUT2D eigenvalue weighted by Gasteiger charge is -2.20. The Morgan fingerprint density at radius 2 is 2.25 bits per heavy atom. The van der Waals surface area contributed by atoms with Crippen LogP contribution < -0.4 is 16.0 Å². The number of aryl methyl sites for hydroxylation is 1. The van der Waals surface area contributed by atoms with Crippen molar-refractivity contribution < 1.29 is 4.79 Å². The first kappa shape index (κ1) is 12.4. The number of hydrogen-bond acceptors (Lipinski definition) is 4. The van der Waals surface area contributed by atoms with E-state index in [1.807, 2.05) is 25.9 Å². The van der Waals surface area contributed by atoms with E-state index in [0.29, 0.717) is 11.4 Å². The zero-order chi connectivity index (χ0) is 12.1. The molecule has 0 aliphatic heterocycles. The molecule has 0 saturated carbocycles. The molecule has 0 unspecified atom stereocenters. The second-order valence-corrected chi connectivity index (χ2v) is 3.71. The van der Waals surface area contributed by atoms with Crippen LogP contribution in [0.5, 0.6) is 0 Å². The molecule has 0 atom stereocenters. The molecule has 88 valence electrons. The van der Waals surface area contributed by atoms with Gasteiger partial charge in [-0.3, -0.25) is 4.79 Å². The number of anilines is 1. The van der Waals surface area contributed by atoms with Gasteiger partial charge in [0.1, 0.15) is 5.82 Å². The standard InChI is InChI=1S/C11H18N4O/c1-8-4-5-9(10(12)16)11(14-8)15(3)7-6-13-2/h4-5,13H,6-7H2,1-3H3,(H2,12,16). The summed E-state index contributed by atoms with van der Waals surface area (Å²) in [5.74, 6) is 0.196. The van der Waals surface area contributed by atoms with Gasteiger partial charge in [-0.05, 0) is 26.1 Å². The summed E-state index contributed by atoms with van der Waals surface area (Å²) in [6.45, 7) is 3.48. The van der Waals surface area contributed by atoms with Gasteiger partial charge in [0, 0.05) is 25.8 Å². The number of pyridine rings is 1. The average Bonchev–Trinajstić information content (AvgIpc) is 2.25. The highest BCUT2D eigenvalue weighted by Gasteiger charge is 2.13. The molecule has 5 heteroatoms. The third-order valence-corrected chi connectivity index (χ3v) is 2.34. The maximum atomic E-state index is 11.3. The van der Waals surface area contributed by atoms with Crippen molar-refractivity contribution in [1.29, 1.82) is 0 Å². The largest absolute Gasteiger partial charge is 0.365 e. The fourth-order valence-corrected chi connectivity index (χ4v) is 1.41. The minimum Gasteiger partial charge on any atom is -0.365 e. The molecule has 0 saturated heterocycles. The number of aromatic nitrogens is 1. The zero-order valence-corrected chi connectivity index (χ0v) is 9.95. The van der Waals surface area contributed by atoms with Crippen LogP contribution in [0.1, 0.15) is 16.1 Å². The van der Waals surface area contributed by atoms with Crippen LogP contribution in [0.3, 0.4) is 0 Å². The van der Waals surface area contributed by atoms with Crippen LogP contribution in [0.2, 0.25) is 0 Å². The monoisotopic (exact) mass is 222 g/mol. The summed E-state index contributed by atoms with van der Waals surface area (Å²) in [6.07, 6.45) is 0. The Kier molecular flexibility index (Phi) is 4.25. The summed E-state index contributed by atoms with van der Waals surface area (Å²) in [7, 11) is 3.78. The number of nitrogens with zero attached hydrogens (tertiary/aromatic N) is 2. The van der Waals surface area contributed by atoms with Crippen molar-refractivity contribution in [2.45, 2.75) is 6.92 Å². The summed E-state index contributed by atoms with van der Waals surface area (Å²) < 4.78 is 0.